The molecule has 0 amide bonds. The number of para-hydroxylation sites is 2. The predicted molar refractivity (Wildman–Crippen MR) is 162 cm³/mol. The second-order valence-electron chi connectivity index (χ2n) is 9.42. The number of hydrogen-bond donors (Lipinski definition) is 0. The smallest absolute Gasteiger partial charge is 0.493 e. The van der Waals surface area contributed by atoms with Gasteiger partial charge in [0.1, 0.15) is 5.82 Å². The van der Waals surface area contributed by atoms with E-state index in [1.54, 1.807) is 77.4 Å². The Morgan fingerprint density at radius 2 is 1.18 bits per heavy atom. The third-order valence-corrected chi connectivity index (χ3v) is 7.78. The average Bonchev–Trinajstić information content (AvgIpc) is 3.44. The summed E-state index contributed by atoms with van der Waals surface area (Å²) < 4.78 is 92.7. The quantitative estimate of drug-likeness (QED) is 0.117. The third-order valence-electron chi connectivity index (χ3n) is 6.82. The van der Waals surface area contributed by atoms with Crippen molar-refractivity contribution in [3.63, 3.8) is 0 Å². The summed E-state index contributed by atoms with van der Waals surface area (Å²) in [6.07, 6.45) is 0. The Morgan fingerprint density at radius 3 is 1.76 bits per heavy atom. The van der Waals surface area contributed by atoms with Crippen molar-refractivity contribution in [2.45, 2.75) is 5.51 Å². The zero-order chi connectivity index (χ0) is 32.4. The van der Waals surface area contributed by atoms with E-state index in [4.69, 9.17) is 23.9 Å². The van der Waals surface area contributed by atoms with Gasteiger partial charge in [0.15, 0.2) is 28.7 Å². The molecule has 0 spiro atoms. The number of benzene rings is 4. The molecule has 0 aliphatic carbocycles. The van der Waals surface area contributed by atoms with Gasteiger partial charge in [-0.25, -0.2) is 4.98 Å². The summed E-state index contributed by atoms with van der Waals surface area (Å²) >= 11 is 0. The molecule has 9 nitrogen and oxygen atoms in total. The van der Waals surface area contributed by atoms with Gasteiger partial charge in [0, 0.05) is 16.8 Å². The van der Waals surface area contributed by atoms with Crippen molar-refractivity contribution >= 4 is 10.1 Å². The van der Waals surface area contributed by atoms with Gasteiger partial charge in [-0.2, -0.15) is 21.6 Å². The molecule has 45 heavy (non-hydrogen) atoms. The molecule has 0 aliphatic rings. The molecule has 0 saturated carbocycles. The zero-order valence-electron chi connectivity index (χ0n) is 24.5. The summed E-state index contributed by atoms with van der Waals surface area (Å²) in [4.78, 5) is 4.92. The summed E-state index contributed by atoms with van der Waals surface area (Å²) in [5, 5.41) is 0. The maximum Gasteiger partial charge on any atom is 0.534 e. The Kier molecular flexibility index (Phi) is 8.64. The molecular weight excluding hydrogens is 613 g/mol. The van der Waals surface area contributed by atoms with E-state index in [0.29, 0.717) is 51.2 Å². The van der Waals surface area contributed by atoms with Crippen molar-refractivity contribution in [1.82, 2.24) is 9.55 Å². The summed E-state index contributed by atoms with van der Waals surface area (Å²) in [5.41, 5.74) is -3.04. The van der Waals surface area contributed by atoms with Gasteiger partial charge in [0.05, 0.1) is 45.4 Å². The lowest BCUT2D eigenvalue weighted by Gasteiger charge is -2.17. The first kappa shape index (κ1) is 31.3. The van der Waals surface area contributed by atoms with Gasteiger partial charge >= 0.3 is 15.6 Å². The first-order valence-electron chi connectivity index (χ1n) is 13.3. The Balaban J connectivity index is 1.90. The van der Waals surface area contributed by atoms with Crippen LogP contribution in [0.3, 0.4) is 0 Å². The van der Waals surface area contributed by atoms with Crippen LogP contribution in [0.2, 0.25) is 0 Å². The van der Waals surface area contributed by atoms with Gasteiger partial charge in [-0.05, 0) is 60.7 Å². The van der Waals surface area contributed by atoms with Gasteiger partial charge in [-0.15, -0.1) is 0 Å². The molecule has 1 heterocycles. The fourth-order valence-electron chi connectivity index (χ4n) is 4.75. The lowest BCUT2D eigenvalue weighted by atomic mass is 10.0. The largest absolute Gasteiger partial charge is 0.534 e. The second kappa shape index (κ2) is 12.4. The maximum absolute atomic E-state index is 13.4. The second-order valence-corrected chi connectivity index (χ2v) is 11.0. The van der Waals surface area contributed by atoms with Crippen LogP contribution in [0.5, 0.6) is 28.7 Å². The zero-order valence-corrected chi connectivity index (χ0v) is 25.3. The van der Waals surface area contributed by atoms with Crippen LogP contribution in [0.25, 0.3) is 39.6 Å². The number of imidazole rings is 1. The normalized spacial score (nSPS) is 11.6. The number of methoxy groups -OCH3 is 4. The van der Waals surface area contributed by atoms with Crippen LogP contribution < -0.4 is 23.1 Å². The van der Waals surface area contributed by atoms with Crippen LogP contribution in [-0.4, -0.2) is 51.9 Å². The minimum atomic E-state index is -6.00. The number of halogens is 3. The molecule has 0 radical (unpaired) electrons. The number of rotatable bonds is 10. The summed E-state index contributed by atoms with van der Waals surface area (Å²) in [5.74, 6) is 1.29. The van der Waals surface area contributed by atoms with E-state index in [9.17, 15) is 21.6 Å². The Morgan fingerprint density at radius 1 is 0.644 bits per heavy atom. The van der Waals surface area contributed by atoms with Gasteiger partial charge < -0.3 is 23.1 Å². The maximum atomic E-state index is 13.4. The lowest BCUT2D eigenvalue weighted by molar-refractivity contribution is -0.0499. The molecular formula is C32H27F3N2O7S. The summed E-state index contributed by atoms with van der Waals surface area (Å²) in [6.45, 7) is 0. The number of nitrogens with zero attached hydrogens (tertiary/aromatic N) is 2. The van der Waals surface area contributed by atoms with E-state index in [2.05, 4.69) is 4.18 Å². The molecule has 0 fully saturated rings. The summed E-state index contributed by atoms with van der Waals surface area (Å²) in [7, 11) is -0.0150. The molecule has 1 aromatic heterocycles. The van der Waals surface area contributed by atoms with Gasteiger partial charge in [-0.1, -0.05) is 30.3 Å². The SMILES string of the molecule is COc1ccc(-c2nc(-c3ccccc3OS(=O)(=O)C(F)(F)F)n(-c3ccccc3)c2-c2ccc(OC)c(OC)c2)cc1OC. The van der Waals surface area contributed by atoms with E-state index in [1.807, 2.05) is 0 Å². The highest BCUT2D eigenvalue weighted by Crippen LogP contribution is 2.44. The van der Waals surface area contributed by atoms with Crippen molar-refractivity contribution in [1.29, 1.82) is 0 Å². The van der Waals surface area contributed by atoms with Gasteiger partial charge in [0.25, 0.3) is 0 Å². The molecule has 0 bridgehead atoms. The topological polar surface area (TPSA) is 98.1 Å². The van der Waals surface area contributed by atoms with Crippen molar-refractivity contribution in [3.05, 3.63) is 91.0 Å². The molecule has 5 rings (SSSR count). The standard InChI is InChI=1S/C32H27F3N2O7S/c1-40-25-16-14-20(18-27(25)42-3)29-30(21-15-17-26(41-2)28(19-21)43-4)37(22-10-6-5-7-11-22)31(36-29)23-12-8-9-13-24(23)44-45(38,39)32(33,34)35/h5-19H,1-4H3. The van der Waals surface area contributed by atoms with Crippen LogP contribution >= 0.6 is 0 Å². The minimum absolute atomic E-state index is 0.0115. The summed E-state index contributed by atoms with van der Waals surface area (Å²) in [6, 6.07) is 24.8. The van der Waals surface area contributed by atoms with Crippen molar-refractivity contribution < 1.29 is 44.7 Å². The van der Waals surface area contributed by atoms with Crippen LogP contribution in [0.1, 0.15) is 0 Å². The van der Waals surface area contributed by atoms with Gasteiger partial charge in [-0.3, -0.25) is 4.57 Å². The van der Waals surface area contributed by atoms with Crippen LogP contribution in [0, 0.1) is 0 Å². The Labute approximate surface area is 257 Å². The molecule has 0 saturated heterocycles. The van der Waals surface area contributed by atoms with E-state index in [0.717, 1.165) is 6.07 Å². The molecule has 234 valence electrons. The minimum Gasteiger partial charge on any atom is -0.493 e. The molecule has 4 aromatic carbocycles. The van der Waals surface area contributed by atoms with Gasteiger partial charge in [0.2, 0.25) is 0 Å². The predicted octanol–water partition coefficient (Wildman–Crippen LogP) is 7.14. The first-order valence-corrected chi connectivity index (χ1v) is 14.7. The van der Waals surface area contributed by atoms with E-state index in [-0.39, 0.29) is 11.4 Å². The van der Waals surface area contributed by atoms with Crippen molar-refractivity contribution in [3.8, 4) is 68.3 Å². The lowest BCUT2D eigenvalue weighted by Crippen LogP contribution is -2.28. The highest BCUT2D eigenvalue weighted by Gasteiger charge is 2.49. The number of ether oxygens (including phenoxy) is 4. The first-order chi connectivity index (χ1) is 21.5. The van der Waals surface area contributed by atoms with E-state index >= 15 is 0 Å². The number of alkyl halides is 3. The fourth-order valence-corrected chi connectivity index (χ4v) is 5.23. The Bertz CT molecular complexity index is 1940. The molecule has 0 unspecified atom stereocenters. The van der Waals surface area contributed by atoms with Crippen LogP contribution in [-0.2, 0) is 10.1 Å². The highest BCUT2D eigenvalue weighted by molar-refractivity contribution is 7.88. The molecule has 0 atom stereocenters. The highest BCUT2D eigenvalue weighted by atomic mass is 32.2. The van der Waals surface area contributed by atoms with Crippen molar-refractivity contribution in [2.24, 2.45) is 0 Å². The van der Waals surface area contributed by atoms with E-state index in [1.165, 1.54) is 40.6 Å². The third kappa shape index (κ3) is 5.98. The van der Waals surface area contributed by atoms with Crippen LogP contribution in [0.4, 0.5) is 13.2 Å². The molecule has 0 N–H and O–H groups in total. The van der Waals surface area contributed by atoms with Crippen LogP contribution in [0.15, 0.2) is 91.0 Å². The fraction of sp³-hybridized carbons (Fsp3) is 0.156. The molecule has 0 aliphatic heterocycles. The number of aromatic nitrogens is 2. The molecule has 13 heteroatoms. The Hall–Kier alpha value is -5.17. The molecule has 5 aromatic rings. The van der Waals surface area contributed by atoms with Crippen molar-refractivity contribution in [2.75, 3.05) is 28.4 Å². The van der Waals surface area contributed by atoms with E-state index < -0.39 is 21.4 Å². The number of hydrogen-bond acceptors (Lipinski definition) is 8. The monoisotopic (exact) mass is 640 g/mol. The average molecular weight is 641 g/mol.